The fraction of sp³-hybridized carbons (Fsp3) is 0.217. The van der Waals surface area contributed by atoms with Gasteiger partial charge in [0.25, 0.3) is 11.5 Å². The fourth-order valence-electron chi connectivity index (χ4n) is 3.93. The molecule has 1 amide bonds. The van der Waals surface area contributed by atoms with Crippen LogP contribution < -0.4 is 24.5 Å². The monoisotopic (exact) mass is 448 g/mol. The van der Waals surface area contributed by atoms with E-state index >= 15 is 0 Å². The van der Waals surface area contributed by atoms with Crippen LogP contribution in [-0.2, 0) is 4.79 Å². The largest absolute Gasteiger partial charge is 0.493 e. The van der Waals surface area contributed by atoms with Gasteiger partial charge in [0.1, 0.15) is 4.53 Å². The van der Waals surface area contributed by atoms with Gasteiger partial charge in [0.2, 0.25) is 4.96 Å². The smallest absolute Gasteiger partial charge is 0.291 e. The molecule has 0 N–H and O–H groups in total. The molecule has 0 saturated carbocycles. The number of fused-ring (bicyclic) bond motifs is 2. The van der Waals surface area contributed by atoms with E-state index in [1.165, 1.54) is 15.9 Å². The molecule has 2 aromatic carbocycles. The Hall–Kier alpha value is -3.72. The van der Waals surface area contributed by atoms with Crippen LogP contribution in [0.15, 0.2) is 47.3 Å². The maximum atomic E-state index is 13.2. The Morgan fingerprint density at radius 1 is 1.03 bits per heavy atom. The minimum Gasteiger partial charge on any atom is -0.493 e. The quantitative estimate of drug-likeness (QED) is 0.466. The van der Waals surface area contributed by atoms with Gasteiger partial charge in [-0.1, -0.05) is 36.5 Å². The van der Waals surface area contributed by atoms with Crippen molar-refractivity contribution in [2.24, 2.45) is 0 Å². The second-order valence-corrected chi connectivity index (χ2v) is 8.26. The molecule has 0 radical (unpaired) electrons. The number of rotatable bonds is 5. The van der Waals surface area contributed by atoms with E-state index in [9.17, 15) is 9.59 Å². The molecule has 0 spiro atoms. The summed E-state index contributed by atoms with van der Waals surface area (Å²) in [6.45, 7) is 2.61. The van der Waals surface area contributed by atoms with Crippen molar-refractivity contribution in [3.8, 4) is 22.9 Å². The summed E-state index contributed by atoms with van der Waals surface area (Å²) in [5, 5.41) is 4.41. The van der Waals surface area contributed by atoms with Gasteiger partial charge in [0, 0.05) is 17.7 Å². The van der Waals surface area contributed by atoms with Gasteiger partial charge in [-0.2, -0.15) is 9.50 Å². The van der Waals surface area contributed by atoms with Crippen molar-refractivity contribution in [1.29, 1.82) is 0 Å². The maximum absolute atomic E-state index is 13.2. The van der Waals surface area contributed by atoms with E-state index < -0.39 is 0 Å². The summed E-state index contributed by atoms with van der Waals surface area (Å²) in [5.74, 6) is 1.38. The number of thiazole rings is 1. The van der Waals surface area contributed by atoms with Gasteiger partial charge in [-0.3, -0.25) is 9.59 Å². The van der Waals surface area contributed by atoms with E-state index in [2.05, 4.69) is 10.1 Å². The Kier molecular flexibility index (Phi) is 4.90. The number of carbonyl (C=O) groups is 1. The highest BCUT2D eigenvalue weighted by atomic mass is 32.1. The van der Waals surface area contributed by atoms with Crippen molar-refractivity contribution in [2.45, 2.75) is 13.3 Å². The first-order valence-electron chi connectivity index (χ1n) is 10.1. The molecule has 32 heavy (non-hydrogen) atoms. The zero-order valence-corrected chi connectivity index (χ0v) is 18.6. The number of benzene rings is 2. The molecule has 0 saturated heterocycles. The van der Waals surface area contributed by atoms with E-state index in [-0.39, 0.29) is 11.5 Å². The molecular formula is C23H20N4O4S. The Balaban J connectivity index is 1.67. The number of amides is 1. The lowest BCUT2D eigenvalue weighted by Gasteiger charge is -2.15. The van der Waals surface area contributed by atoms with Crippen molar-refractivity contribution < 1.29 is 14.3 Å². The van der Waals surface area contributed by atoms with Crippen LogP contribution >= 0.6 is 11.3 Å². The summed E-state index contributed by atoms with van der Waals surface area (Å²) in [6, 6.07) is 12.9. The van der Waals surface area contributed by atoms with Gasteiger partial charge in [-0.15, -0.1) is 5.10 Å². The second-order valence-electron chi connectivity index (χ2n) is 7.28. The number of nitrogens with zero attached hydrogens (tertiary/aromatic N) is 4. The zero-order chi connectivity index (χ0) is 22.4. The van der Waals surface area contributed by atoms with Gasteiger partial charge >= 0.3 is 0 Å². The third kappa shape index (κ3) is 2.96. The van der Waals surface area contributed by atoms with Crippen molar-refractivity contribution >= 4 is 33.5 Å². The number of para-hydroxylation sites is 1. The molecule has 3 heterocycles. The van der Waals surface area contributed by atoms with Gasteiger partial charge in [-0.05, 0) is 30.7 Å². The molecular weight excluding hydrogens is 428 g/mol. The van der Waals surface area contributed by atoms with Crippen molar-refractivity contribution in [2.75, 3.05) is 25.7 Å². The molecule has 5 rings (SSSR count). The summed E-state index contributed by atoms with van der Waals surface area (Å²) in [7, 11) is 3.12. The van der Waals surface area contributed by atoms with Crippen LogP contribution in [0.2, 0.25) is 0 Å². The molecule has 0 unspecified atom stereocenters. The molecule has 0 fully saturated rings. The molecule has 162 valence electrons. The van der Waals surface area contributed by atoms with Crippen LogP contribution in [0, 0.1) is 0 Å². The normalized spacial score (nSPS) is 14.8. The summed E-state index contributed by atoms with van der Waals surface area (Å²) >= 11 is 1.18. The predicted octanol–water partition coefficient (Wildman–Crippen LogP) is 2.51. The van der Waals surface area contributed by atoms with Gasteiger partial charge in [0.05, 0.1) is 25.5 Å². The summed E-state index contributed by atoms with van der Waals surface area (Å²) in [4.78, 5) is 33.1. The van der Waals surface area contributed by atoms with E-state index in [1.807, 2.05) is 31.2 Å². The average Bonchev–Trinajstić information content (AvgIpc) is 3.45. The van der Waals surface area contributed by atoms with Crippen molar-refractivity contribution in [1.82, 2.24) is 14.6 Å². The van der Waals surface area contributed by atoms with Gasteiger partial charge in [-0.25, -0.2) is 0 Å². The Bertz CT molecular complexity index is 1470. The van der Waals surface area contributed by atoms with E-state index in [1.54, 1.807) is 37.3 Å². The number of aromatic nitrogens is 3. The summed E-state index contributed by atoms with van der Waals surface area (Å²) in [5.41, 5.74) is 2.37. The first kappa shape index (κ1) is 20.2. The second kappa shape index (κ2) is 7.76. The fourth-order valence-corrected chi connectivity index (χ4v) is 4.93. The minimum absolute atomic E-state index is 0.158. The SMILES string of the molecule is CCCN1C(=O)C(=c2sc3nc(-c4ccc(OC)c(OC)c4)nn3c2=O)c2ccccc21. The minimum atomic E-state index is -0.347. The van der Waals surface area contributed by atoms with Crippen LogP contribution in [0.3, 0.4) is 0 Å². The lowest BCUT2D eigenvalue weighted by atomic mass is 10.1. The highest BCUT2D eigenvalue weighted by molar-refractivity contribution is 7.15. The number of carbonyl (C=O) groups excluding carboxylic acids is 1. The third-order valence-electron chi connectivity index (χ3n) is 5.40. The molecule has 0 atom stereocenters. The first-order chi connectivity index (χ1) is 15.6. The van der Waals surface area contributed by atoms with Crippen LogP contribution in [0.5, 0.6) is 11.5 Å². The van der Waals surface area contributed by atoms with Crippen LogP contribution in [0.4, 0.5) is 5.69 Å². The molecule has 8 nitrogen and oxygen atoms in total. The highest BCUT2D eigenvalue weighted by Crippen LogP contribution is 2.35. The van der Waals surface area contributed by atoms with Crippen LogP contribution in [0.25, 0.3) is 21.9 Å². The third-order valence-corrected chi connectivity index (χ3v) is 6.43. The maximum Gasteiger partial charge on any atom is 0.291 e. The summed E-state index contributed by atoms with van der Waals surface area (Å²) in [6.07, 6.45) is 0.821. The van der Waals surface area contributed by atoms with Crippen molar-refractivity contribution in [3.05, 3.63) is 62.9 Å². The number of hydrogen-bond acceptors (Lipinski definition) is 7. The molecule has 0 aliphatic carbocycles. The number of methoxy groups -OCH3 is 2. The molecule has 9 heteroatoms. The molecule has 1 aliphatic heterocycles. The highest BCUT2D eigenvalue weighted by Gasteiger charge is 2.33. The molecule has 2 aromatic heterocycles. The van der Waals surface area contributed by atoms with E-state index in [0.29, 0.717) is 44.5 Å². The predicted molar refractivity (Wildman–Crippen MR) is 122 cm³/mol. The number of hydrogen-bond donors (Lipinski definition) is 0. The lowest BCUT2D eigenvalue weighted by Crippen LogP contribution is -2.32. The Labute approximate surface area is 187 Å². The van der Waals surface area contributed by atoms with Crippen LogP contribution in [0.1, 0.15) is 18.9 Å². The molecule has 4 aromatic rings. The standard InChI is InChI=1S/C23H20N4O4S/c1-4-11-26-15-8-6-5-7-14(15)18(21(26)28)19-22(29)27-23(32-19)24-20(25-27)13-9-10-16(30-2)17(12-13)31-3/h5-10,12H,4,11H2,1-3H3. The molecule has 1 aliphatic rings. The first-order valence-corrected chi connectivity index (χ1v) is 11.0. The van der Waals surface area contributed by atoms with Crippen molar-refractivity contribution in [3.63, 3.8) is 0 Å². The van der Waals surface area contributed by atoms with Gasteiger partial charge in [0.15, 0.2) is 17.3 Å². The Morgan fingerprint density at radius 3 is 2.53 bits per heavy atom. The number of ether oxygens (including phenoxy) is 2. The van der Waals surface area contributed by atoms with E-state index in [0.717, 1.165) is 17.7 Å². The zero-order valence-electron chi connectivity index (χ0n) is 17.8. The van der Waals surface area contributed by atoms with E-state index in [4.69, 9.17) is 9.47 Å². The average molecular weight is 449 g/mol. The lowest BCUT2D eigenvalue weighted by molar-refractivity contribution is -0.113. The Morgan fingerprint density at radius 2 is 1.81 bits per heavy atom. The van der Waals surface area contributed by atoms with Gasteiger partial charge < -0.3 is 14.4 Å². The molecule has 0 bridgehead atoms. The van der Waals surface area contributed by atoms with Crippen LogP contribution in [-0.4, -0.2) is 41.3 Å². The topological polar surface area (TPSA) is 86.0 Å². The summed E-state index contributed by atoms with van der Waals surface area (Å²) < 4.78 is 12.2. The number of anilines is 1.